The highest BCUT2D eigenvalue weighted by molar-refractivity contribution is 5.06. The van der Waals surface area contributed by atoms with Gasteiger partial charge < -0.3 is 9.15 Å². The predicted molar refractivity (Wildman–Crippen MR) is 80.5 cm³/mol. The summed E-state index contributed by atoms with van der Waals surface area (Å²) < 4.78 is 13.5. The molecule has 0 saturated carbocycles. The first-order chi connectivity index (χ1) is 10.5. The molecule has 1 aliphatic rings. The molecule has 0 amide bonds. The third-order valence-electron chi connectivity index (χ3n) is 4.10. The molecule has 0 aromatic carbocycles. The summed E-state index contributed by atoms with van der Waals surface area (Å²) in [5.41, 5.74) is 2.21. The van der Waals surface area contributed by atoms with Crippen molar-refractivity contribution in [1.29, 1.82) is 0 Å². The fourth-order valence-electron chi connectivity index (χ4n) is 2.89. The summed E-state index contributed by atoms with van der Waals surface area (Å²) in [5, 5.41) is 12.6. The predicted octanol–water partition coefficient (Wildman–Crippen LogP) is 1.65. The van der Waals surface area contributed by atoms with Crippen LogP contribution in [0.1, 0.15) is 36.1 Å². The van der Waals surface area contributed by atoms with Crippen LogP contribution in [-0.2, 0) is 11.3 Å². The van der Waals surface area contributed by atoms with Crippen LogP contribution in [0, 0.1) is 20.8 Å². The zero-order chi connectivity index (χ0) is 15.7. The average Bonchev–Trinajstić information content (AvgIpc) is 3.05. The number of aromatic nitrogens is 4. The molecule has 7 heteroatoms. The zero-order valence-corrected chi connectivity index (χ0v) is 13.6. The minimum Gasteiger partial charge on any atom is -0.424 e. The van der Waals surface area contributed by atoms with Gasteiger partial charge >= 0.3 is 0 Å². The number of ether oxygens (including phenoxy) is 1. The number of hydrogen-bond donors (Lipinski definition) is 0. The van der Waals surface area contributed by atoms with E-state index in [9.17, 15) is 0 Å². The molecule has 1 fully saturated rings. The third-order valence-corrected chi connectivity index (χ3v) is 4.10. The van der Waals surface area contributed by atoms with Gasteiger partial charge in [0.05, 0.1) is 31.0 Å². The largest absolute Gasteiger partial charge is 0.424 e. The Morgan fingerprint density at radius 3 is 2.77 bits per heavy atom. The molecule has 2 atom stereocenters. The quantitative estimate of drug-likeness (QED) is 0.855. The van der Waals surface area contributed by atoms with E-state index in [4.69, 9.17) is 9.15 Å². The van der Waals surface area contributed by atoms with Gasteiger partial charge in [0.15, 0.2) is 0 Å². The third kappa shape index (κ3) is 3.20. The van der Waals surface area contributed by atoms with Crippen LogP contribution in [0.3, 0.4) is 0 Å². The van der Waals surface area contributed by atoms with Gasteiger partial charge in [-0.15, -0.1) is 10.2 Å². The van der Waals surface area contributed by atoms with E-state index in [0.29, 0.717) is 18.4 Å². The fraction of sp³-hybridized carbons (Fsp3) is 0.667. The molecule has 7 nitrogen and oxygen atoms in total. The molecule has 1 aliphatic heterocycles. The van der Waals surface area contributed by atoms with Crippen LogP contribution in [0.2, 0.25) is 0 Å². The lowest BCUT2D eigenvalue weighted by atomic mass is 10.2. The Kier molecular flexibility index (Phi) is 4.26. The number of morpholine rings is 1. The molecule has 22 heavy (non-hydrogen) atoms. The van der Waals surface area contributed by atoms with Gasteiger partial charge in [0, 0.05) is 25.7 Å². The summed E-state index contributed by atoms with van der Waals surface area (Å²) in [7, 11) is 0. The summed E-state index contributed by atoms with van der Waals surface area (Å²) in [5.74, 6) is 1.28. The molecule has 0 aliphatic carbocycles. The van der Waals surface area contributed by atoms with E-state index >= 15 is 0 Å². The van der Waals surface area contributed by atoms with Crippen LogP contribution >= 0.6 is 0 Å². The van der Waals surface area contributed by atoms with Gasteiger partial charge in [-0.3, -0.25) is 9.58 Å². The minimum absolute atomic E-state index is 0.105. The summed E-state index contributed by atoms with van der Waals surface area (Å²) in [6, 6.07) is 2.19. The topological polar surface area (TPSA) is 69.2 Å². The number of aryl methyl sites for hydroxylation is 3. The molecule has 120 valence electrons. The van der Waals surface area contributed by atoms with Gasteiger partial charge in [0.1, 0.15) is 0 Å². The first-order valence-corrected chi connectivity index (χ1v) is 7.69. The van der Waals surface area contributed by atoms with Crippen molar-refractivity contribution in [2.45, 2.75) is 46.4 Å². The van der Waals surface area contributed by atoms with Crippen molar-refractivity contribution in [3.8, 4) is 0 Å². The maximum absolute atomic E-state index is 5.90. The van der Waals surface area contributed by atoms with Crippen molar-refractivity contribution in [2.75, 3.05) is 19.7 Å². The van der Waals surface area contributed by atoms with Gasteiger partial charge in [-0.05, 0) is 26.8 Å². The number of rotatable bonds is 4. The second-order valence-electron chi connectivity index (χ2n) is 5.93. The van der Waals surface area contributed by atoms with Crippen LogP contribution in [0.25, 0.3) is 0 Å². The van der Waals surface area contributed by atoms with Crippen molar-refractivity contribution in [3.05, 3.63) is 29.2 Å². The van der Waals surface area contributed by atoms with Crippen molar-refractivity contribution in [1.82, 2.24) is 24.9 Å². The highest BCUT2D eigenvalue weighted by Gasteiger charge is 2.28. The highest BCUT2D eigenvalue weighted by Crippen LogP contribution is 2.22. The van der Waals surface area contributed by atoms with Crippen LogP contribution in [-0.4, -0.2) is 50.7 Å². The van der Waals surface area contributed by atoms with Crippen LogP contribution in [0.5, 0.6) is 0 Å². The molecule has 0 unspecified atom stereocenters. The van der Waals surface area contributed by atoms with Gasteiger partial charge in [-0.1, -0.05) is 0 Å². The van der Waals surface area contributed by atoms with E-state index in [1.54, 1.807) is 0 Å². The van der Waals surface area contributed by atoms with Gasteiger partial charge in [-0.2, -0.15) is 5.10 Å². The summed E-state index contributed by atoms with van der Waals surface area (Å²) in [4.78, 5) is 2.33. The minimum atomic E-state index is 0.105. The van der Waals surface area contributed by atoms with E-state index in [1.807, 2.05) is 18.5 Å². The standard InChI is InChI=1S/C15H23N5O2/c1-10-7-11(2)20(18-10)9-14-8-19(5-6-21-14)12(3)15-17-16-13(4)22-15/h7,12,14H,5-6,8-9H2,1-4H3/t12-,14+/m1/s1. The summed E-state index contributed by atoms with van der Waals surface area (Å²) >= 11 is 0. The van der Waals surface area contributed by atoms with Gasteiger partial charge in [0.2, 0.25) is 11.8 Å². The SMILES string of the molecule is Cc1cc(C)n(C[C@@H]2CN([C@H](C)c3nnc(C)o3)CCO2)n1. The van der Waals surface area contributed by atoms with Crippen molar-refractivity contribution in [3.63, 3.8) is 0 Å². The van der Waals surface area contributed by atoms with Crippen LogP contribution in [0.4, 0.5) is 0 Å². The lowest BCUT2D eigenvalue weighted by molar-refractivity contribution is -0.0530. The Labute approximate surface area is 130 Å². The molecule has 2 aromatic heterocycles. The number of nitrogens with zero attached hydrogens (tertiary/aromatic N) is 5. The molecule has 0 radical (unpaired) electrons. The second-order valence-corrected chi connectivity index (χ2v) is 5.93. The second kappa shape index (κ2) is 6.18. The fourth-order valence-corrected chi connectivity index (χ4v) is 2.89. The normalized spacial score (nSPS) is 21.2. The molecule has 0 spiro atoms. The molecule has 0 bridgehead atoms. The van der Waals surface area contributed by atoms with E-state index in [-0.39, 0.29) is 12.1 Å². The Morgan fingerprint density at radius 1 is 1.32 bits per heavy atom. The first-order valence-electron chi connectivity index (χ1n) is 7.69. The van der Waals surface area contributed by atoms with Gasteiger partial charge in [0.25, 0.3) is 0 Å². The Morgan fingerprint density at radius 2 is 2.14 bits per heavy atom. The molecule has 3 rings (SSSR count). The lowest BCUT2D eigenvalue weighted by Crippen LogP contribution is -2.45. The van der Waals surface area contributed by atoms with Gasteiger partial charge in [-0.25, -0.2) is 0 Å². The molecule has 3 heterocycles. The Balaban J connectivity index is 1.65. The van der Waals surface area contributed by atoms with Crippen LogP contribution in [0.15, 0.2) is 10.5 Å². The van der Waals surface area contributed by atoms with E-state index in [1.165, 1.54) is 5.69 Å². The highest BCUT2D eigenvalue weighted by atomic mass is 16.5. The van der Waals surface area contributed by atoms with Crippen LogP contribution < -0.4 is 0 Å². The van der Waals surface area contributed by atoms with E-state index < -0.39 is 0 Å². The Hall–Kier alpha value is -1.73. The van der Waals surface area contributed by atoms with Crippen molar-refractivity contribution < 1.29 is 9.15 Å². The molecular weight excluding hydrogens is 282 g/mol. The van der Waals surface area contributed by atoms with Crippen molar-refractivity contribution >= 4 is 0 Å². The summed E-state index contributed by atoms with van der Waals surface area (Å²) in [6.07, 6.45) is 0.123. The molecule has 0 N–H and O–H groups in total. The number of hydrogen-bond acceptors (Lipinski definition) is 6. The zero-order valence-electron chi connectivity index (χ0n) is 13.6. The maximum Gasteiger partial charge on any atom is 0.233 e. The maximum atomic E-state index is 5.90. The van der Waals surface area contributed by atoms with Crippen molar-refractivity contribution in [2.24, 2.45) is 0 Å². The summed E-state index contributed by atoms with van der Waals surface area (Å²) in [6.45, 7) is 11.2. The lowest BCUT2D eigenvalue weighted by Gasteiger charge is -2.35. The molecule has 1 saturated heterocycles. The van der Waals surface area contributed by atoms with E-state index in [2.05, 4.69) is 40.1 Å². The molecule has 2 aromatic rings. The van der Waals surface area contributed by atoms with E-state index in [0.717, 1.165) is 25.3 Å². The monoisotopic (exact) mass is 305 g/mol. The Bertz CT molecular complexity index is 636. The first kappa shape index (κ1) is 15.2. The average molecular weight is 305 g/mol. The molecular formula is C15H23N5O2. The smallest absolute Gasteiger partial charge is 0.233 e.